The maximum absolute atomic E-state index is 13.4. The van der Waals surface area contributed by atoms with Crippen LogP contribution in [0.4, 0.5) is 13.2 Å². The van der Waals surface area contributed by atoms with E-state index in [1.54, 1.807) is 45.0 Å². The second-order valence-electron chi connectivity index (χ2n) is 9.44. The average molecular weight is 562 g/mol. The molecule has 4 rings (SSSR count). The fourth-order valence-electron chi connectivity index (χ4n) is 3.59. The molecule has 4 aromatic rings. The number of carbonyl (C=O) groups is 2. The molecule has 1 aromatic heterocycles. The predicted molar refractivity (Wildman–Crippen MR) is 136 cm³/mol. The van der Waals surface area contributed by atoms with Crippen LogP contribution in [-0.4, -0.2) is 29.1 Å². The highest BCUT2D eigenvalue weighted by molar-refractivity contribution is 6.30. The summed E-state index contributed by atoms with van der Waals surface area (Å²) < 4.78 is 62.3. The molecule has 0 radical (unpaired) electrons. The predicted octanol–water partition coefficient (Wildman–Crippen LogP) is 7.17. The molecule has 7 nitrogen and oxygen atoms in total. The van der Waals surface area contributed by atoms with Gasteiger partial charge in [0, 0.05) is 10.6 Å². The number of alkyl halides is 3. The minimum absolute atomic E-state index is 0.0302. The van der Waals surface area contributed by atoms with Crippen molar-refractivity contribution in [2.45, 2.75) is 38.7 Å². The Morgan fingerprint density at radius 1 is 1.00 bits per heavy atom. The van der Waals surface area contributed by atoms with Crippen molar-refractivity contribution in [2.75, 3.05) is 6.61 Å². The summed E-state index contributed by atoms with van der Waals surface area (Å²) >= 11 is 6.20. The summed E-state index contributed by atoms with van der Waals surface area (Å²) in [5.41, 5.74) is -0.718. The summed E-state index contributed by atoms with van der Waals surface area (Å²) in [6.45, 7) is 4.13. The normalized spacial score (nSPS) is 12.7. The van der Waals surface area contributed by atoms with Gasteiger partial charge in [0.15, 0.2) is 12.2 Å². The number of hydrogen-bond acceptors (Lipinski definition) is 7. The number of ether oxygens (including phenoxy) is 3. The smallest absolute Gasteiger partial charge is 0.416 e. The van der Waals surface area contributed by atoms with E-state index in [0.717, 1.165) is 18.2 Å². The highest BCUT2D eigenvalue weighted by atomic mass is 35.5. The van der Waals surface area contributed by atoms with Crippen molar-refractivity contribution < 1.29 is 41.4 Å². The number of fused-ring (bicyclic) bond motifs is 1. The van der Waals surface area contributed by atoms with E-state index >= 15 is 0 Å². The van der Waals surface area contributed by atoms with E-state index < -0.39 is 42.0 Å². The molecule has 0 saturated carbocycles. The van der Waals surface area contributed by atoms with Crippen LogP contribution in [0.5, 0.6) is 5.75 Å². The monoisotopic (exact) mass is 561 g/mol. The SMILES string of the molecule is CC(C)(C)OC(=O)COC(=O)C(Oc1ccc(Cl)cc1-c1nc2ccccc2o1)c1cccc(C(F)(F)F)c1. The fraction of sp³-hybridized carbons (Fsp3) is 0.250. The van der Waals surface area contributed by atoms with Crippen LogP contribution in [0, 0.1) is 0 Å². The number of hydrogen-bond donors (Lipinski definition) is 0. The lowest BCUT2D eigenvalue weighted by atomic mass is 10.1. The number of carbonyl (C=O) groups excluding carboxylic acids is 2. The number of halogens is 4. The summed E-state index contributed by atoms with van der Waals surface area (Å²) in [4.78, 5) is 29.7. The van der Waals surface area contributed by atoms with Gasteiger partial charge in [0.25, 0.3) is 0 Å². The van der Waals surface area contributed by atoms with Gasteiger partial charge in [-0.2, -0.15) is 13.2 Å². The van der Waals surface area contributed by atoms with Gasteiger partial charge >= 0.3 is 18.1 Å². The standard InChI is InChI=1S/C28H23ClF3NO6/c1-27(2,3)39-23(34)15-36-26(35)24(16-7-6-8-17(13-16)28(30,31)32)37-21-12-11-18(29)14-19(21)25-33-20-9-4-5-10-22(20)38-25/h4-14,24H,15H2,1-3H3. The van der Waals surface area contributed by atoms with Gasteiger partial charge in [0.2, 0.25) is 12.0 Å². The minimum Gasteiger partial charge on any atom is -0.473 e. The lowest BCUT2D eigenvalue weighted by Gasteiger charge is -2.22. The molecule has 3 aromatic carbocycles. The zero-order valence-electron chi connectivity index (χ0n) is 21.0. The molecule has 1 unspecified atom stereocenters. The van der Waals surface area contributed by atoms with Crippen molar-refractivity contribution in [3.63, 3.8) is 0 Å². The van der Waals surface area contributed by atoms with Gasteiger partial charge in [-0.05, 0) is 63.2 Å². The maximum atomic E-state index is 13.4. The van der Waals surface area contributed by atoms with E-state index in [2.05, 4.69) is 4.98 Å². The van der Waals surface area contributed by atoms with E-state index in [9.17, 15) is 22.8 Å². The van der Waals surface area contributed by atoms with Crippen LogP contribution in [0.2, 0.25) is 5.02 Å². The number of nitrogens with zero attached hydrogens (tertiary/aromatic N) is 1. The van der Waals surface area contributed by atoms with E-state index in [4.69, 9.17) is 30.2 Å². The van der Waals surface area contributed by atoms with Crippen LogP contribution >= 0.6 is 11.6 Å². The van der Waals surface area contributed by atoms with Crippen molar-refractivity contribution in [1.82, 2.24) is 4.98 Å². The second kappa shape index (κ2) is 11.0. The molecule has 0 fully saturated rings. The molecular weight excluding hydrogens is 539 g/mol. The van der Waals surface area contributed by atoms with Crippen molar-refractivity contribution >= 4 is 34.6 Å². The molecule has 0 amide bonds. The number of benzene rings is 3. The van der Waals surface area contributed by atoms with Crippen LogP contribution in [-0.2, 0) is 25.2 Å². The van der Waals surface area contributed by atoms with Gasteiger partial charge in [-0.3, -0.25) is 0 Å². The van der Waals surface area contributed by atoms with Crippen molar-refractivity contribution in [1.29, 1.82) is 0 Å². The molecule has 0 N–H and O–H groups in total. The Hall–Kier alpha value is -4.05. The second-order valence-corrected chi connectivity index (χ2v) is 9.88. The van der Waals surface area contributed by atoms with E-state index in [1.807, 2.05) is 0 Å². The molecule has 0 aliphatic carbocycles. The average Bonchev–Trinajstić information content (AvgIpc) is 3.29. The van der Waals surface area contributed by atoms with E-state index in [0.29, 0.717) is 16.1 Å². The molecule has 0 spiro atoms. The van der Waals surface area contributed by atoms with Crippen molar-refractivity contribution in [3.8, 4) is 17.2 Å². The number of oxazole rings is 1. The first-order chi connectivity index (χ1) is 18.3. The topological polar surface area (TPSA) is 87.9 Å². The summed E-state index contributed by atoms with van der Waals surface area (Å²) in [5.74, 6) is -1.81. The Labute approximate surface area is 226 Å². The lowest BCUT2D eigenvalue weighted by Crippen LogP contribution is -2.29. The van der Waals surface area contributed by atoms with Gasteiger partial charge in [-0.15, -0.1) is 0 Å². The number of para-hydroxylation sites is 2. The third kappa shape index (κ3) is 7.08. The van der Waals surface area contributed by atoms with Crippen LogP contribution in [0.25, 0.3) is 22.6 Å². The summed E-state index contributed by atoms with van der Waals surface area (Å²) in [6, 6.07) is 15.4. The summed E-state index contributed by atoms with van der Waals surface area (Å²) in [5, 5.41) is 0.294. The van der Waals surface area contributed by atoms with Gasteiger partial charge in [-0.1, -0.05) is 35.9 Å². The van der Waals surface area contributed by atoms with Gasteiger partial charge in [0.1, 0.15) is 16.9 Å². The minimum atomic E-state index is -4.68. The number of aromatic nitrogens is 1. The Balaban J connectivity index is 1.71. The van der Waals surface area contributed by atoms with Crippen LogP contribution < -0.4 is 4.74 Å². The molecule has 0 saturated heterocycles. The first kappa shape index (κ1) is 28.0. The number of rotatable bonds is 7. The van der Waals surface area contributed by atoms with Crippen molar-refractivity contribution in [3.05, 3.63) is 82.9 Å². The Morgan fingerprint density at radius 3 is 2.44 bits per heavy atom. The number of esters is 2. The van der Waals surface area contributed by atoms with Crippen LogP contribution in [0.15, 0.2) is 71.1 Å². The largest absolute Gasteiger partial charge is 0.473 e. The summed E-state index contributed by atoms with van der Waals surface area (Å²) in [6.07, 6.45) is -6.37. The quantitative estimate of drug-likeness (QED) is 0.221. The zero-order chi connectivity index (χ0) is 28.4. The molecule has 0 aliphatic heterocycles. The lowest BCUT2D eigenvalue weighted by molar-refractivity contribution is -0.169. The molecule has 1 heterocycles. The van der Waals surface area contributed by atoms with E-state index in [-0.39, 0.29) is 22.8 Å². The molecule has 0 bridgehead atoms. The third-order valence-electron chi connectivity index (χ3n) is 5.19. The molecule has 11 heteroatoms. The zero-order valence-corrected chi connectivity index (χ0v) is 21.8. The maximum Gasteiger partial charge on any atom is 0.416 e. The van der Waals surface area contributed by atoms with Crippen LogP contribution in [0.3, 0.4) is 0 Å². The third-order valence-corrected chi connectivity index (χ3v) is 5.43. The van der Waals surface area contributed by atoms with Crippen molar-refractivity contribution in [2.24, 2.45) is 0 Å². The molecule has 1 atom stereocenters. The van der Waals surface area contributed by atoms with Crippen LogP contribution in [0.1, 0.15) is 38.0 Å². The first-order valence-corrected chi connectivity index (χ1v) is 12.1. The molecule has 39 heavy (non-hydrogen) atoms. The summed E-state index contributed by atoms with van der Waals surface area (Å²) in [7, 11) is 0. The van der Waals surface area contributed by atoms with Gasteiger partial charge in [-0.25, -0.2) is 14.6 Å². The van der Waals surface area contributed by atoms with Gasteiger partial charge < -0.3 is 18.6 Å². The molecule has 0 aliphatic rings. The Morgan fingerprint density at radius 2 is 1.74 bits per heavy atom. The van der Waals surface area contributed by atoms with Gasteiger partial charge in [0.05, 0.1) is 11.1 Å². The molecule has 204 valence electrons. The highest BCUT2D eigenvalue weighted by Crippen LogP contribution is 2.38. The highest BCUT2D eigenvalue weighted by Gasteiger charge is 2.34. The fourth-order valence-corrected chi connectivity index (χ4v) is 3.77. The Kier molecular flexibility index (Phi) is 7.87. The van der Waals surface area contributed by atoms with E-state index in [1.165, 1.54) is 24.3 Å². The Bertz CT molecular complexity index is 1480. The molecular formula is C28H23ClF3NO6. The first-order valence-electron chi connectivity index (χ1n) is 11.7.